The lowest BCUT2D eigenvalue weighted by Crippen LogP contribution is -2.41. The van der Waals surface area contributed by atoms with Gasteiger partial charge in [0.25, 0.3) is 0 Å². The molecule has 2 aromatic rings. The summed E-state index contributed by atoms with van der Waals surface area (Å²) in [6, 6.07) is 16.4. The Balaban J connectivity index is 1.56. The van der Waals surface area contributed by atoms with Crippen LogP contribution in [0.4, 0.5) is 4.79 Å². The zero-order valence-electron chi connectivity index (χ0n) is 17.2. The second-order valence-electron chi connectivity index (χ2n) is 8.30. The molecule has 2 saturated heterocycles. The Hall–Kier alpha value is -2.24. The van der Waals surface area contributed by atoms with Crippen LogP contribution in [0, 0.1) is 11.8 Å². The fourth-order valence-corrected chi connectivity index (χ4v) is 5.05. The molecule has 2 aliphatic rings. The molecule has 2 heterocycles. The quantitative estimate of drug-likeness (QED) is 0.755. The third-order valence-electron chi connectivity index (χ3n) is 6.12. The fraction of sp³-hybridized carbons (Fsp3) is 0.435. The molecule has 2 aromatic carbocycles. The van der Waals surface area contributed by atoms with Crippen molar-refractivity contribution in [1.82, 2.24) is 14.7 Å². The number of urea groups is 1. The molecule has 0 saturated carbocycles. The van der Waals surface area contributed by atoms with Crippen molar-refractivity contribution in [3.05, 3.63) is 64.7 Å². The van der Waals surface area contributed by atoms with Crippen LogP contribution in [-0.4, -0.2) is 61.6 Å². The molecule has 0 aliphatic carbocycles. The molecule has 6 heteroatoms. The van der Waals surface area contributed by atoms with Crippen LogP contribution in [0.15, 0.2) is 48.5 Å². The Kier molecular flexibility index (Phi) is 5.70. The summed E-state index contributed by atoms with van der Waals surface area (Å²) in [5.74, 6) is 1.74. The highest BCUT2D eigenvalue weighted by molar-refractivity contribution is 6.30. The van der Waals surface area contributed by atoms with E-state index < -0.39 is 0 Å². The summed E-state index contributed by atoms with van der Waals surface area (Å²) < 4.78 is 5.32. The molecule has 154 valence electrons. The Labute approximate surface area is 177 Å². The lowest BCUT2D eigenvalue weighted by Gasteiger charge is -2.32. The molecule has 5 nitrogen and oxygen atoms in total. The monoisotopic (exact) mass is 413 g/mol. The molecule has 4 rings (SSSR count). The molecule has 2 amide bonds. The average molecular weight is 414 g/mol. The Bertz CT molecular complexity index is 871. The van der Waals surface area contributed by atoms with Crippen LogP contribution in [0.1, 0.15) is 17.2 Å². The van der Waals surface area contributed by atoms with Gasteiger partial charge in [-0.3, -0.25) is 4.90 Å². The highest BCUT2D eigenvalue weighted by Crippen LogP contribution is 2.45. The molecule has 2 fully saturated rings. The van der Waals surface area contributed by atoms with E-state index in [1.165, 1.54) is 11.1 Å². The van der Waals surface area contributed by atoms with Gasteiger partial charge in [0.2, 0.25) is 0 Å². The number of fused-ring (bicyclic) bond motifs is 1. The van der Waals surface area contributed by atoms with Crippen molar-refractivity contribution in [2.45, 2.75) is 12.6 Å². The lowest BCUT2D eigenvalue weighted by molar-refractivity contribution is 0.151. The number of benzene rings is 2. The minimum absolute atomic E-state index is 0.0848. The average Bonchev–Trinajstić information content (AvgIpc) is 3.24. The van der Waals surface area contributed by atoms with Gasteiger partial charge < -0.3 is 14.5 Å². The molecular formula is C23H28ClN3O2. The number of rotatable bonds is 4. The maximum atomic E-state index is 12.9. The van der Waals surface area contributed by atoms with Crippen molar-refractivity contribution in [1.29, 1.82) is 0 Å². The summed E-state index contributed by atoms with van der Waals surface area (Å²) in [7, 11) is 5.33. The van der Waals surface area contributed by atoms with Gasteiger partial charge in [0.1, 0.15) is 5.75 Å². The largest absolute Gasteiger partial charge is 0.497 e. The number of carbonyl (C=O) groups is 1. The van der Waals surface area contributed by atoms with E-state index in [4.69, 9.17) is 16.3 Å². The van der Waals surface area contributed by atoms with E-state index in [0.717, 1.165) is 37.0 Å². The van der Waals surface area contributed by atoms with Gasteiger partial charge in [-0.2, -0.15) is 0 Å². The molecule has 2 aliphatic heterocycles. The molecule has 0 aromatic heterocycles. The van der Waals surface area contributed by atoms with E-state index in [-0.39, 0.29) is 12.1 Å². The second-order valence-corrected chi connectivity index (χ2v) is 8.73. The zero-order chi connectivity index (χ0) is 20.5. The predicted octanol–water partition coefficient (Wildman–Crippen LogP) is 4.14. The first kappa shape index (κ1) is 20.0. The van der Waals surface area contributed by atoms with E-state index in [0.29, 0.717) is 11.8 Å². The standard InChI is InChI=1S/C23H28ClN3O2/c1-25(2)23(28)27-14-18-13-26(12-16-5-4-6-19(24)11-16)15-21(18)22(27)17-7-9-20(29-3)10-8-17/h4-11,18,21-22H,12-15H2,1-3H3/t18-,21-,22+/m1/s1. The molecular weight excluding hydrogens is 386 g/mol. The molecule has 0 radical (unpaired) electrons. The molecule has 0 spiro atoms. The van der Waals surface area contributed by atoms with Crippen LogP contribution in [0.2, 0.25) is 5.02 Å². The lowest BCUT2D eigenvalue weighted by atomic mass is 9.89. The van der Waals surface area contributed by atoms with Gasteiger partial charge in [-0.05, 0) is 41.3 Å². The minimum atomic E-state index is 0.0848. The first-order chi connectivity index (χ1) is 14.0. The van der Waals surface area contributed by atoms with Crippen molar-refractivity contribution in [2.75, 3.05) is 40.8 Å². The van der Waals surface area contributed by atoms with Crippen molar-refractivity contribution >= 4 is 17.6 Å². The van der Waals surface area contributed by atoms with Crippen molar-refractivity contribution in [2.24, 2.45) is 11.8 Å². The number of amides is 2. The molecule has 29 heavy (non-hydrogen) atoms. The van der Waals surface area contributed by atoms with Gasteiger partial charge in [-0.1, -0.05) is 35.9 Å². The fourth-order valence-electron chi connectivity index (χ4n) is 4.84. The van der Waals surface area contributed by atoms with Gasteiger partial charge in [0.05, 0.1) is 13.2 Å². The van der Waals surface area contributed by atoms with E-state index >= 15 is 0 Å². The number of ether oxygens (including phenoxy) is 1. The van der Waals surface area contributed by atoms with Crippen molar-refractivity contribution in [3.8, 4) is 5.75 Å². The third-order valence-corrected chi connectivity index (χ3v) is 6.36. The number of hydrogen-bond donors (Lipinski definition) is 0. The van der Waals surface area contributed by atoms with Crippen LogP contribution in [0.25, 0.3) is 0 Å². The van der Waals surface area contributed by atoms with Gasteiger partial charge in [0, 0.05) is 51.2 Å². The Morgan fingerprint density at radius 3 is 2.55 bits per heavy atom. The number of methoxy groups -OCH3 is 1. The topological polar surface area (TPSA) is 36.0 Å². The second kappa shape index (κ2) is 8.25. The summed E-state index contributed by atoms with van der Waals surface area (Å²) in [6.45, 7) is 3.67. The van der Waals surface area contributed by atoms with Crippen LogP contribution in [0.3, 0.4) is 0 Å². The predicted molar refractivity (Wildman–Crippen MR) is 115 cm³/mol. The number of halogens is 1. The molecule has 0 unspecified atom stereocenters. The van der Waals surface area contributed by atoms with Gasteiger partial charge in [-0.25, -0.2) is 4.79 Å². The van der Waals surface area contributed by atoms with Crippen LogP contribution in [0.5, 0.6) is 5.75 Å². The van der Waals surface area contributed by atoms with E-state index in [1.807, 2.05) is 49.3 Å². The van der Waals surface area contributed by atoms with Crippen molar-refractivity contribution in [3.63, 3.8) is 0 Å². The van der Waals surface area contributed by atoms with Crippen LogP contribution < -0.4 is 4.74 Å². The van der Waals surface area contributed by atoms with Crippen LogP contribution in [-0.2, 0) is 6.54 Å². The third kappa shape index (κ3) is 4.07. The zero-order valence-corrected chi connectivity index (χ0v) is 18.0. The highest BCUT2D eigenvalue weighted by Gasteiger charge is 2.49. The summed E-state index contributed by atoms with van der Waals surface area (Å²) >= 11 is 6.16. The molecule has 0 N–H and O–H groups in total. The Morgan fingerprint density at radius 2 is 1.90 bits per heavy atom. The smallest absolute Gasteiger partial charge is 0.320 e. The number of hydrogen-bond acceptors (Lipinski definition) is 3. The summed E-state index contributed by atoms with van der Waals surface area (Å²) in [4.78, 5) is 19.1. The first-order valence-corrected chi connectivity index (χ1v) is 10.4. The number of carbonyl (C=O) groups excluding carboxylic acids is 1. The SMILES string of the molecule is COc1ccc([C@H]2[C@@H]3CN(Cc4cccc(Cl)c4)C[C@@H]3CN2C(=O)N(C)C)cc1. The first-order valence-electron chi connectivity index (χ1n) is 10.0. The van der Waals surface area contributed by atoms with Crippen molar-refractivity contribution < 1.29 is 9.53 Å². The van der Waals surface area contributed by atoms with E-state index in [2.05, 4.69) is 23.1 Å². The number of nitrogens with zero attached hydrogens (tertiary/aromatic N) is 3. The van der Waals surface area contributed by atoms with Gasteiger partial charge >= 0.3 is 6.03 Å². The highest BCUT2D eigenvalue weighted by atomic mass is 35.5. The van der Waals surface area contributed by atoms with Gasteiger partial charge in [0.15, 0.2) is 0 Å². The van der Waals surface area contributed by atoms with Crippen LogP contribution >= 0.6 is 11.6 Å². The molecule has 0 bridgehead atoms. The molecule has 3 atom stereocenters. The summed E-state index contributed by atoms with van der Waals surface area (Å²) in [6.07, 6.45) is 0. The maximum Gasteiger partial charge on any atom is 0.320 e. The minimum Gasteiger partial charge on any atom is -0.497 e. The normalized spacial score (nSPS) is 23.9. The van der Waals surface area contributed by atoms with Gasteiger partial charge in [-0.15, -0.1) is 0 Å². The maximum absolute atomic E-state index is 12.9. The number of likely N-dealkylation sites (tertiary alicyclic amines) is 2. The van der Waals surface area contributed by atoms with E-state index in [9.17, 15) is 4.79 Å². The summed E-state index contributed by atoms with van der Waals surface area (Å²) in [5.41, 5.74) is 2.41. The summed E-state index contributed by atoms with van der Waals surface area (Å²) in [5, 5.41) is 0.778. The Morgan fingerprint density at radius 1 is 1.14 bits per heavy atom. The van der Waals surface area contributed by atoms with E-state index in [1.54, 1.807) is 12.0 Å².